The van der Waals surface area contributed by atoms with Gasteiger partial charge in [-0.15, -0.1) is 0 Å². The van der Waals surface area contributed by atoms with E-state index in [9.17, 15) is 0 Å². The van der Waals surface area contributed by atoms with Crippen LogP contribution in [0.15, 0.2) is 47.5 Å². The molecular weight excluding hydrogens is 378 g/mol. The number of aliphatic imine (C=N–C) groups is 1. The summed E-state index contributed by atoms with van der Waals surface area (Å²) in [4.78, 5) is 9.41. The second kappa shape index (κ2) is 10.7. The third-order valence-corrected chi connectivity index (χ3v) is 5.31. The van der Waals surface area contributed by atoms with E-state index in [4.69, 9.17) is 15.2 Å². The summed E-state index contributed by atoms with van der Waals surface area (Å²) >= 11 is 0. The summed E-state index contributed by atoms with van der Waals surface area (Å²) in [6.45, 7) is 8.17. The lowest BCUT2D eigenvalue weighted by Crippen LogP contribution is -2.46. The van der Waals surface area contributed by atoms with E-state index in [1.54, 1.807) is 14.2 Å². The Bertz CT molecular complexity index is 847. The summed E-state index contributed by atoms with van der Waals surface area (Å²) in [6, 6.07) is 14.3. The van der Waals surface area contributed by atoms with Crippen LogP contribution in [0.4, 0.5) is 11.4 Å². The Hall–Kier alpha value is -2.93. The lowest BCUT2D eigenvalue weighted by atomic mass is 10.2. The largest absolute Gasteiger partial charge is 0.493 e. The number of anilines is 2. The quantitative estimate of drug-likeness (QED) is 0.395. The zero-order valence-electron chi connectivity index (χ0n) is 18.2. The Morgan fingerprint density at radius 3 is 2.50 bits per heavy atom. The van der Waals surface area contributed by atoms with E-state index in [2.05, 4.69) is 51.3 Å². The van der Waals surface area contributed by atoms with Gasteiger partial charge >= 0.3 is 0 Å². The van der Waals surface area contributed by atoms with Crippen LogP contribution in [0, 0.1) is 6.92 Å². The number of benzene rings is 2. The fraction of sp³-hybridized carbons (Fsp3) is 0.435. The van der Waals surface area contributed by atoms with Gasteiger partial charge < -0.3 is 25.4 Å². The molecule has 0 unspecified atom stereocenters. The van der Waals surface area contributed by atoms with Crippen molar-refractivity contribution < 1.29 is 9.47 Å². The van der Waals surface area contributed by atoms with Crippen LogP contribution in [-0.4, -0.2) is 64.3 Å². The van der Waals surface area contributed by atoms with Gasteiger partial charge in [-0.05, 0) is 43.2 Å². The molecule has 2 aromatic rings. The molecule has 0 amide bonds. The molecule has 0 bridgehead atoms. The molecule has 3 rings (SSSR count). The van der Waals surface area contributed by atoms with Gasteiger partial charge in [-0.25, -0.2) is 0 Å². The maximum absolute atomic E-state index is 6.03. The second-order valence-electron chi connectivity index (χ2n) is 7.48. The predicted molar refractivity (Wildman–Crippen MR) is 124 cm³/mol. The molecule has 0 aliphatic carbocycles. The van der Waals surface area contributed by atoms with Crippen molar-refractivity contribution in [2.45, 2.75) is 13.3 Å². The van der Waals surface area contributed by atoms with Crippen LogP contribution >= 0.6 is 0 Å². The van der Waals surface area contributed by atoms with Crippen molar-refractivity contribution in [3.8, 4) is 11.5 Å². The lowest BCUT2D eigenvalue weighted by Gasteiger charge is -2.36. The summed E-state index contributed by atoms with van der Waals surface area (Å²) in [5, 5.41) is 3.11. The van der Waals surface area contributed by atoms with Crippen LogP contribution < -0.4 is 25.4 Å². The van der Waals surface area contributed by atoms with Crippen molar-refractivity contribution in [3.63, 3.8) is 0 Å². The number of hydrogen-bond acceptors (Lipinski definition) is 5. The van der Waals surface area contributed by atoms with Gasteiger partial charge in [-0.3, -0.25) is 9.89 Å². The number of piperazine rings is 1. The third kappa shape index (κ3) is 6.03. The molecule has 0 spiro atoms. The van der Waals surface area contributed by atoms with Crippen molar-refractivity contribution in [1.82, 2.24) is 4.90 Å². The fourth-order valence-electron chi connectivity index (χ4n) is 3.65. The molecule has 7 nitrogen and oxygen atoms in total. The highest BCUT2D eigenvalue weighted by atomic mass is 16.5. The Balaban J connectivity index is 1.39. The molecule has 1 heterocycles. The maximum atomic E-state index is 6.03. The standard InChI is InChI=1S/C23H33N5O2/c1-18-6-4-7-20(16-18)28-14-12-27(13-15-28)11-5-10-25-23(24)26-19-8-9-21(29-2)22(17-19)30-3/h4,6-9,16-17H,5,10-15H2,1-3H3,(H3,24,25,26). The molecular formula is C23H33N5O2. The van der Waals surface area contributed by atoms with Gasteiger partial charge in [0.1, 0.15) is 0 Å². The molecule has 1 aliphatic rings. The molecule has 162 valence electrons. The molecule has 1 aliphatic heterocycles. The Labute approximate surface area is 179 Å². The average Bonchev–Trinajstić information content (AvgIpc) is 2.77. The Morgan fingerprint density at radius 2 is 1.80 bits per heavy atom. The Kier molecular flexibility index (Phi) is 7.79. The highest BCUT2D eigenvalue weighted by molar-refractivity contribution is 5.92. The maximum Gasteiger partial charge on any atom is 0.193 e. The number of aryl methyl sites for hydroxylation is 1. The van der Waals surface area contributed by atoms with Crippen molar-refractivity contribution in [2.24, 2.45) is 10.7 Å². The second-order valence-corrected chi connectivity index (χ2v) is 7.48. The molecule has 0 radical (unpaired) electrons. The number of rotatable bonds is 8. The molecule has 3 N–H and O–H groups in total. The summed E-state index contributed by atoms with van der Waals surface area (Å²) < 4.78 is 10.6. The van der Waals surface area contributed by atoms with E-state index in [0.29, 0.717) is 24.0 Å². The smallest absolute Gasteiger partial charge is 0.193 e. The molecule has 0 aromatic heterocycles. The van der Waals surface area contributed by atoms with Crippen LogP contribution in [0.2, 0.25) is 0 Å². The number of nitrogens with one attached hydrogen (secondary N) is 1. The minimum Gasteiger partial charge on any atom is -0.493 e. The minimum absolute atomic E-state index is 0.409. The number of guanidine groups is 1. The third-order valence-electron chi connectivity index (χ3n) is 5.31. The topological polar surface area (TPSA) is 75.4 Å². The minimum atomic E-state index is 0.409. The van der Waals surface area contributed by atoms with Gasteiger partial charge in [0.2, 0.25) is 0 Å². The highest BCUT2D eigenvalue weighted by Gasteiger charge is 2.16. The van der Waals surface area contributed by atoms with E-state index in [-0.39, 0.29) is 0 Å². The molecule has 2 aromatic carbocycles. The summed E-state index contributed by atoms with van der Waals surface area (Å²) in [5.41, 5.74) is 9.49. The van der Waals surface area contributed by atoms with Gasteiger partial charge in [-0.1, -0.05) is 12.1 Å². The number of methoxy groups -OCH3 is 2. The van der Waals surface area contributed by atoms with Gasteiger partial charge in [0, 0.05) is 56.7 Å². The summed E-state index contributed by atoms with van der Waals surface area (Å²) in [7, 11) is 3.23. The van der Waals surface area contributed by atoms with Crippen LogP contribution in [0.3, 0.4) is 0 Å². The summed E-state index contributed by atoms with van der Waals surface area (Å²) in [5.74, 6) is 1.74. The molecule has 0 atom stereocenters. The van der Waals surface area contributed by atoms with E-state index < -0.39 is 0 Å². The van der Waals surface area contributed by atoms with Crippen LogP contribution in [-0.2, 0) is 0 Å². The lowest BCUT2D eigenvalue weighted by molar-refractivity contribution is 0.256. The van der Waals surface area contributed by atoms with Crippen molar-refractivity contribution in [1.29, 1.82) is 0 Å². The first kappa shape index (κ1) is 21.8. The van der Waals surface area contributed by atoms with E-state index in [0.717, 1.165) is 44.8 Å². The molecule has 1 fully saturated rings. The van der Waals surface area contributed by atoms with E-state index in [1.165, 1.54) is 11.3 Å². The molecule has 0 saturated carbocycles. The summed E-state index contributed by atoms with van der Waals surface area (Å²) in [6.07, 6.45) is 0.985. The van der Waals surface area contributed by atoms with Crippen LogP contribution in [0.25, 0.3) is 0 Å². The zero-order chi connectivity index (χ0) is 21.3. The Morgan fingerprint density at radius 1 is 1.03 bits per heavy atom. The first-order valence-corrected chi connectivity index (χ1v) is 10.4. The normalized spacial score (nSPS) is 15.2. The van der Waals surface area contributed by atoms with Gasteiger partial charge in [-0.2, -0.15) is 0 Å². The van der Waals surface area contributed by atoms with Crippen molar-refractivity contribution in [2.75, 3.05) is 63.7 Å². The van der Waals surface area contributed by atoms with E-state index >= 15 is 0 Å². The number of nitrogens with two attached hydrogens (primary N) is 1. The zero-order valence-corrected chi connectivity index (χ0v) is 18.2. The van der Waals surface area contributed by atoms with Crippen molar-refractivity contribution >= 4 is 17.3 Å². The first-order valence-electron chi connectivity index (χ1n) is 10.4. The van der Waals surface area contributed by atoms with E-state index in [1.807, 2.05) is 18.2 Å². The van der Waals surface area contributed by atoms with Gasteiger partial charge in [0.15, 0.2) is 17.5 Å². The monoisotopic (exact) mass is 411 g/mol. The van der Waals surface area contributed by atoms with Gasteiger partial charge in [0.05, 0.1) is 14.2 Å². The number of nitrogens with zero attached hydrogens (tertiary/aromatic N) is 3. The molecule has 30 heavy (non-hydrogen) atoms. The predicted octanol–water partition coefficient (Wildman–Crippen LogP) is 2.95. The molecule has 7 heteroatoms. The fourth-order valence-corrected chi connectivity index (χ4v) is 3.65. The highest BCUT2D eigenvalue weighted by Crippen LogP contribution is 2.29. The molecule has 1 saturated heterocycles. The number of hydrogen-bond donors (Lipinski definition) is 2. The SMILES string of the molecule is COc1ccc(NC(N)=NCCCN2CCN(c3cccc(C)c3)CC2)cc1OC. The van der Waals surface area contributed by atoms with Crippen molar-refractivity contribution in [3.05, 3.63) is 48.0 Å². The van der Waals surface area contributed by atoms with Gasteiger partial charge in [0.25, 0.3) is 0 Å². The first-order chi connectivity index (χ1) is 14.6. The number of ether oxygens (including phenoxy) is 2. The average molecular weight is 412 g/mol. The van der Waals surface area contributed by atoms with Crippen LogP contribution in [0.5, 0.6) is 11.5 Å². The van der Waals surface area contributed by atoms with Crippen LogP contribution in [0.1, 0.15) is 12.0 Å².